The maximum atomic E-state index is 13.3. The second-order valence-corrected chi connectivity index (χ2v) is 5.98. The monoisotopic (exact) mass is 343 g/mol. The van der Waals surface area contributed by atoms with Crippen LogP contribution in [-0.4, -0.2) is 53.5 Å². The summed E-state index contributed by atoms with van der Waals surface area (Å²) < 4.78 is 13.3. The van der Waals surface area contributed by atoms with E-state index in [-0.39, 0.29) is 5.91 Å². The Morgan fingerprint density at radius 3 is 2.64 bits per heavy atom. The number of anilines is 2. The molecule has 7 heteroatoms. The number of rotatable bonds is 4. The maximum absolute atomic E-state index is 13.3. The van der Waals surface area contributed by atoms with E-state index in [0.717, 1.165) is 18.2 Å². The average Bonchev–Trinajstić information content (AvgIpc) is 2.61. The lowest BCUT2D eigenvalue weighted by Gasteiger charge is -2.35. The number of amides is 1. The minimum atomic E-state index is -0.392. The van der Waals surface area contributed by atoms with E-state index in [1.54, 1.807) is 17.0 Å². The van der Waals surface area contributed by atoms with Crippen LogP contribution in [0.5, 0.6) is 0 Å². The van der Waals surface area contributed by atoms with Crippen LogP contribution in [0.2, 0.25) is 0 Å². The van der Waals surface area contributed by atoms with Gasteiger partial charge in [-0.05, 0) is 32.0 Å². The van der Waals surface area contributed by atoms with E-state index in [1.807, 2.05) is 19.9 Å². The number of benzene rings is 1. The van der Waals surface area contributed by atoms with Gasteiger partial charge in [0, 0.05) is 44.4 Å². The smallest absolute Gasteiger partial charge is 0.254 e. The predicted molar refractivity (Wildman–Crippen MR) is 95.4 cm³/mol. The number of nitrogens with zero attached hydrogens (tertiary/aromatic N) is 4. The first-order valence-corrected chi connectivity index (χ1v) is 8.46. The molecular weight excluding hydrogens is 321 g/mol. The van der Waals surface area contributed by atoms with Crippen molar-refractivity contribution in [3.8, 4) is 0 Å². The van der Waals surface area contributed by atoms with Crippen LogP contribution in [0.15, 0.2) is 30.3 Å². The van der Waals surface area contributed by atoms with Crippen molar-refractivity contribution in [3.63, 3.8) is 0 Å². The molecule has 0 atom stereocenters. The molecule has 1 amide bonds. The molecule has 0 bridgehead atoms. The molecule has 2 heterocycles. The van der Waals surface area contributed by atoms with Gasteiger partial charge in [-0.25, -0.2) is 14.4 Å². The molecule has 1 aliphatic rings. The molecule has 0 spiro atoms. The number of piperazine rings is 1. The fourth-order valence-corrected chi connectivity index (χ4v) is 2.93. The molecular formula is C18H22FN5O. The second kappa shape index (κ2) is 7.46. The number of carbonyl (C=O) groups is 1. The third-order valence-electron chi connectivity index (χ3n) is 4.14. The van der Waals surface area contributed by atoms with Gasteiger partial charge in [0.2, 0.25) is 0 Å². The third-order valence-corrected chi connectivity index (χ3v) is 4.14. The molecule has 0 radical (unpaired) electrons. The van der Waals surface area contributed by atoms with Crippen LogP contribution in [0.3, 0.4) is 0 Å². The Morgan fingerprint density at radius 2 is 1.96 bits per heavy atom. The van der Waals surface area contributed by atoms with Crippen molar-refractivity contribution in [1.82, 2.24) is 14.9 Å². The molecule has 132 valence electrons. The maximum Gasteiger partial charge on any atom is 0.254 e. The quantitative estimate of drug-likeness (QED) is 0.923. The van der Waals surface area contributed by atoms with Gasteiger partial charge in [-0.3, -0.25) is 4.79 Å². The zero-order valence-electron chi connectivity index (χ0n) is 14.5. The summed E-state index contributed by atoms with van der Waals surface area (Å²) in [6.45, 7) is 7.21. The fourth-order valence-electron chi connectivity index (χ4n) is 2.93. The summed E-state index contributed by atoms with van der Waals surface area (Å²) in [6, 6.07) is 7.76. The van der Waals surface area contributed by atoms with E-state index in [0.29, 0.717) is 37.6 Å². The van der Waals surface area contributed by atoms with E-state index < -0.39 is 5.82 Å². The molecule has 0 aliphatic carbocycles. The molecule has 0 saturated carbocycles. The Hall–Kier alpha value is -2.70. The molecule has 1 fully saturated rings. The number of aryl methyl sites for hydroxylation is 1. The lowest BCUT2D eigenvalue weighted by atomic mass is 10.1. The Morgan fingerprint density at radius 1 is 1.20 bits per heavy atom. The van der Waals surface area contributed by atoms with Gasteiger partial charge in [-0.2, -0.15) is 0 Å². The van der Waals surface area contributed by atoms with Crippen molar-refractivity contribution in [2.45, 2.75) is 13.8 Å². The molecule has 1 aromatic carbocycles. The molecule has 0 unspecified atom stereocenters. The Bertz CT molecular complexity index is 759. The molecule has 1 N–H and O–H groups in total. The lowest BCUT2D eigenvalue weighted by molar-refractivity contribution is 0.0746. The SMILES string of the molecule is CCNc1cc(N2CCN(C(=O)c3cccc(F)c3)CC2)nc(C)n1. The highest BCUT2D eigenvalue weighted by Gasteiger charge is 2.23. The zero-order valence-corrected chi connectivity index (χ0v) is 14.5. The van der Waals surface area contributed by atoms with Gasteiger partial charge < -0.3 is 15.1 Å². The summed E-state index contributed by atoms with van der Waals surface area (Å²) in [7, 11) is 0. The Labute approximate surface area is 146 Å². The second-order valence-electron chi connectivity index (χ2n) is 5.98. The highest BCUT2D eigenvalue weighted by Crippen LogP contribution is 2.18. The number of nitrogens with one attached hydrogen (secondary N) is 1. The van der Waals surface area contributed by atoms with Crippen LogP contribution >= 0.6 is 0 Å². The van der Waals surface area contributed by atoms with Crippen molar-refractivity contribution < 1.29 is 9.18 Å². The van der Waals surface area contributed by atoms with Gasteiger partial charge in [0.05, 0.1) is 0 Å². The van der Waals surface area contributed by atoms with Gasteiger partial charge in [0.25, 0.3) is 5.91 Å². The van der Waals surface area contributed by atoms with Crippen LogP contribution in [0.4, 0.5) is 16.0 Å². The van der Waals surface area contributed by atoms with Gasteiger partial charge in [0.1, 0.15) is 23.3 Å². The van der Waals surface area contributed by atoms with Crippen LogP contribution in [-0.2, 0) is 0 Å². The Kier molecular flexibility index (Phi) is 5.11. The summed E-state index contributed by atoms with van der Waals surface area (Å²) in [5.41, 5.74) is 0.390. The number of halogens is 1. The first kappa shape index (κ1) is 17.1. The van der Waals surface area contributed by atoms with Crippen LogP contribution in [0.1, 0.15) is 23.1 Å². The molecule has 1 aromatic heterocycles. The van der Waals surface area contributed by atoms with Gasteiger partial charge in [0.15, 0.2) is 0 Å². The molecule has 1 saturated heterocycles. The van der Waals surface area contributed by atoms with Crippen molar-refractivity contribution in [3.05, 3.63) is 47.5 Å². The van der Waals surface area contributed by atoms with Crippen molar-refractivity contribution in [1.29, 1.82) is 0 Å². The largest absolute Gasteiger partial charge is 0.370 e. The van der Waals surface area contributed by atoms with E-state index >= 15 is 0 Å². The minimum Gasteiger partial charge on any atom is -0.370 e. The van der Waals surface area contributed by atoms with Crippen LogP contribution in [0, 0.1) is 12.7 Å². The average molecular weight is 343 g/mol. The van der Waals surface area contributed by atoms with Crippen molar-refractivity contribution >= 4 is 17.5 Å². The molecule has 1 aliphatic heterocycles. The summed E-state index contributed by atoms with van der Waals surface area (Å²) >= 11 is 0. The highest BCUT2D eigenvalue weighted by atomic mass is 19.1. The van der Waals surface area contributed by atoms with E-state index in [4.69, 9.17) is 0 Å². The first-order chi connectivity index (χ1) is 12.1. The van der Waals surface area contributed by atoms with E-state index in [1.165, 1.54) is 12.1 Å². The summed E-state index contributed by atoms with van der Waals surface area (Å²) in [5, 5.41) is 3.20. The van der Waals surface area contributed by atoms with Crippen LogP contribution < -0.4 is 10.2 Å². The third kappa shape index (κ3) is 4.04. The minimum absolute atomic E-state index is 0.133. The molecule has 3 rings (SSSR count). The standard InChI is InChI=1S/C18H22FN5O/c1-3-20-16-12-17(22-13(2)21-16)23-7-9-24(10-8-23)18(25)14-5-4-6-15(19)11-14/h4-6,11-12H,3,7-10H2,1-2H3,(H,20,21,22). The van der Waals surface area contributed by atoms with Crippen LogP contribution in [0.25, 0.3) is 0 Å². The molecule has 6 nitrogen and oxygen atoms in total. The summed E-state index contributed by atoms with van der Waals surface area (Å²) in [4.78, 5) is 25.3. The molecule has 25 heavy (non-hydrogen) atoms. The number of hydrogen-bond acceptors (Lipinski definition) is 5. The van der Waals surface area contributed by atoms with Crippen molar-refractivity contribution in [2.75, 3.05) is 42.9 Å². The predicted octanol–water partition coefficient (Wildman–Crippen LogP) is 2.32. The molecule has 2 aromatic rings. The number of carbonyl (C=O) groups excluding carboxylic acids is 1. The van der Waals surface area contributed by atoms with E-state index in [2.05, 4.69) is 20.2 Å². The first-order valence-electron chi connectivity index (χ1n) is 8.46. The Balaban J connectivity index is 1.66. The van der Waals surface area contributed by atoms with E-state index in [9.17, 15) is 9.18 Å². The number of hydrogen-bond donors (Lipinski definition) is 1. The van der Waals surface area contributed by atoms with Gasteiger partial charge in [-0.15, -0.1) is 0 Å². The highest BCUT2D eigenvalue weighted by molar-refractivity contribution is 5.94. The fraction of sp³-hybridized carbons (Fsp3) is 0.389. The lowest BCUT2D eigenvalue weighted by Crippen LogP contribution is -2.49. The van der Waals surface area contributed by atoms with Crippen molar-refractivity contribution in [2.24, 2.45) is 0 Å². The summed E-state index contributed by atoms with van der Waals surface area (Å²) in [6.07, 6.45) is 0. The topological polar surface area (TPSA) is 61.4 Å². The van der Waals surface area contributed by atoms with Gasteiger partial charge in [-0.1, -0.05) is 6.07 Å². The zero-order chi connectivity index (χ0) is 17.8. The van der Waals surface area contributed by atoms with Gasteiger partial charge >= 0.3 is 0 Å². The normalized spacial score (nSPS) is 14.5. The summed E-state index contributed by atoms with van der Waals surface area (Å²) in [5.74, 6) is 1.86. The number of aromatic nitrogens is 2.